The van der Waals surface area contributed by atoms with Crippen LogP contribution >= 0.6 is 15.9 Å². The summed E-state index contributed by atoms with van der Waals surface area (Å²) in [6.45, 7) is -0.827. The van der Waals surface area contributed by atoms with Crippen LogP contribution in [0.15, 0.2) is 27.8 Å². The highest BCUT2D eigenvalue weighted by Gasteiger charge is 2.11. The van der Waals surface area contributed by atoms with Crippen LogP contribution in [-0.4, -0.2) is 36.6 Å². The molecule has 1 aromatic carbocycles. The molecule has 0 bridgehead atoms. The van der Waals surface area contributed by atoms with Gasteiger partial charge in [0.2, 0.25) is 5.91 Å². The van der Waals surface area contributed by atoms with E-state index in [1.807, 2.05) is 0 Å². The zero-order valence-electron chi connectivity index (χ0n) is 10.9. The molecular weight excluding hydrogens is 352 g/mol. The molecule has 1 amide bonds. The van der Waals surface area contributed by atoms with Gasteiger partial charge in [-0.25, -0.2) is 8.78 Å². The first-order chi connectivity index (χ1) is 9.93. The third-order valence-electron chi connectivity index (χ3n) is 2.36. The van der Waals surface area contributed by atoms with Crippen molar-refractivity contribution >= 4 is 33.4 Å². The molecule has 0 spiro atoms. The lowest BCUT2D eigenvalue weighted by atomic mass is 10.1. The number of carbonyl (C=O) groups excluding carboxylic acids is 1. The smallest absolute Gasteiger partial charge is 0.261 e. The molecule has 0 aliphatic carbocycles. The van der Waals surface area contributed by atoms with Gasteiger partial charge in [-0.15, -0.1) is 0 Å². The van der Waals surface area contributed by atoms with Crippen molar-refractivity contribution in [3.05, 3.63) is 28.2 Å². The number of halogens is 3. The molecule has 1 rings (SSSR count). The van der Waals surface area contributed by atoms with Crippen LogP contribution < -0.4 is 11.1 Å². The highest BCUT2D eigenvalue weighted by Crippen LogP contribution is 2.21. The van der Waals surface area contributed by atoms with E-state index in [4.69, 9.17) is 10.9 Å². The maximum Gasteiger partial charge on any atom is 0.261 e. The van der Waals surface area contributed by atoms with Crippen molar-refractivity contribution in [3.63, 3.8) is 0 Å². The molecule has 0 radical (unpaired) electrons. The SMILES string of the molecule is N/C(=N/O)c1cc(Br)ccc1NC(=O)CCOCC(F)F. The van der Waals surface area contributed by atoms with E-state index < -0.39 is 18.9 Å². The average molecular weight is 366 g/mol. The first-order valence-corrected chi connectivity index (χ1v) is 6.66. The predicted molar refractivity (Wildman–Crippen MR) is 76.7 cm³/mol. The minimum atomic E-state index is -2.56. The Bertz CT molecular complexity index is 526. The first kappa shape index (κ1) is 17.3. The van der Waals surface area contributed by atoms with Crippen molar-refractivity contribution in [2.45, 2.75) is 12.8 Å². The summed E-state index contributed by atoms with van der Waals surface area (Å²) in [4.78, 5) is 11.7. The third-order valence-corrected chi connectivity index (χ3v) is 2.85. The lowest BCUT2D eigenvalue weighted by Gasteiger charge is -2.11. The Morgan fingerprint density at radius 1 is 1.52 bits per heavy atom. The number of amides is 1. The minimum Gasteiger partial charge on any atom is -0.409 e. The van der Waals surface area contributed by atoms with Gasteiger partial charge in [-0.3, -0.25) is 4.79 Å². The molecule has 0 unspecified atom stereocenters. The predicted octanol–water partition coefficient (Wildman–Crippen LogP) is 2.15. The Balaban J connectivity index is 2.64. The molecule has 0 aliphatic heterocycles. The zero-order chi connectivity index (χ0) is 15.8. The highest BCUT2D eigenvalue weighted by atomic mass is 79.9. The van der Waals surface area contributed by atoms with Crippen molar-refractivity contribution in [1.29, 1.82) is 0 Å². The maximum absolute atomic E-state index is 11.8. The third kappa shape index (κ3) is 6.05. The summed E-state index contributed by atoms with van der Waals surface area (Å²) in [6.07, 6.45) is -2.65. The number of nitrogens with two attached hydrogens (primary N) is 1. The number of nitrogens with one attached hydrogen (secondary N) is 1. The number of oxime groups is 1. The fraction of sp³-hybridized carbons (Fsp3) is 0.333. The lowest BCUT2D eigenvalue weighted by Crippen LogP contribution is -2.20. The van der Waals surface area contributed by atoms with Gasteiger partial charge in [0.25, 0.3) is 6.43 Å². The number of hydrogen-bond acceptors (Lipinski definition) is 4. The van der Waals surface area contributed by atoms with Crippen LogP contribution in [0.5, 0.6) is 0 Å². The topological polar surface area (TPSA) is 96.9 Å². The standard InChI is InChI=1S/C12H14BrF2N3O3/c13-7-1-2-9(8(5-7)12(16)18-20)17-11(19)3-4-21-6-10(14)15/h1-2,5,10,20H,3-4,6H2,(H2,16,18)(H,17,19). The largest absolute Gasteiger partial charge is 0.409 e. The molecule has 6 nitrogen and oxygen atoms in total. The summed E-state index contributed by atoms with van der Waals surface area (Å²) < 4.78 is 29.0. The molecule has 0 aliphatic rings. The van der Waals surface area contributed by atoms with Crippen molar-refractivity contribution in [2.75, 3.05) is 18.5 Å². The van der Waals surface area contributed by atoms with Crippen LogP contribution in [0.25, 0.3) is 0 Å². The van der Waals surface area contributed by atoms with Gasteiger partial charge in [0, 0.05) is 10.0 Å². The Kier molecular flexibility index (Phi) is 7.03. The summed E-state index contributed by atoms with van der Waals surface area (Å²) in [5, 5.41) is 14.1. The Morgan fingerprint density at radius 3 is 2.86 bits per heavy atom. The van der Waals surface area contributed by atoms with Crippen LogP contribution in [0.4, 0.5) is 14.5 Å². The highest BCUT2D eigenvalue weighted by molar-refractivity contribution is 9.10. The number of carbonyl (C=O) groups is 1. The van der Waals surface area contributed by atoms with E-state index in [1.54, 1.807) is 18.2 Å². The molecule has 116 valence electrons. The summed E-state index contributed by atoms with van der Waals surface area (Å²) >= 11 is 3.23. The molecule has 4 N–H and O–H groups in total. The van der Waals surface area contributed by atoms with Crippen LogP contribution in [-0.2, 0) is 9.53 Å². The maximum atomic E-state index is 11.8. The zero-order valence-corrected chi connectivity index (χ0v) is 12.4. The molecule has 21 heavy (non-hydrogen) atoms. The number of anilines is 1. The van der Waals surface area contributed by atoms with Gasteiger partial charge in [0.1, 0.15) is 6.61 Å². The Morgan fingerprint density at radius 2 is 2.24 bits per heavy atom. The lowest BCUT2D eigenvalue weighted by molar-refractivity contribution is -0.117. The van der Waals surface area contributed by atoms with Crippen LogP contribution in [0.2, 0.25) is 0 Å². The van der Waals surface area contributed by atoms with Gasteiger partial charge < -0.3 is 21.0 Å². The molecular formula is C12H14BrF2N3O3. The van der Waals surface area contributed by atoms with Gasteiger partial charge in [-0.05, 0) is 18.2 Å². The van der Waals surface area contributed by atoms with Crippen LogP contribution in [0, 0.1) is 0 Å². The van der Waals surface area contributed by atoms with Gasteiger partial charge in [-0.1, -0.05) is 21.1 Å². The van der Waals surface area contributed by atoms with Crippen molar-refractivity contribution in [1.82, 2.24) is 0 Å². The van der Waals surface area contributed by atoms with Gasteiger partial charge in [0.05, 0.1) is 18.7 Å². The van der Waals surface area contributed by atoms with E-state index in [0.29, 0.717) is 15.7 Å². The average Bonchev–Trinajstić information content (AvgIpc) is 2.44. The molecule has 0 saturated carbocycles. The first-order valence-electron chi connectivity index (χ1n) is 5.87. The van der Waals surface area contributed by atoms with Crippen LogP contribution in [0.1, 0.15) is 12.0 Å². The number of rotatable bonds is 7. The monoisotopic (exact) mass is 365 g/mol. The Hall–Kier alpha value is -1.74. The number of nitrogens with zero attached hydrogens (tertiary/aromatic N) is 1. The second-order valence-corrected chi connectivity index (χ2v) is 4.85. The van der Waals surface area contributed by atoms with Crippen molar-refractivity contribution in [2.24, 2.45) is 10.9 Å². The normalized spacial score (nSPS) is 11.7. The fourth-order valence-electron chi connectivity index (χ4n) is 1.44. The number of hydrogen-bond donors (Lipinski definition) is 3. The summed E-state index contributed by atoms with van der Waals surface area (Å²) in [7, 11) is 0. The molecule has 9 heteroatoms. The van der Waals surface area contributed by atoms with Crippen LogP contribution in [0.3, 0.4) is 0 Å². The van der Waals surface area contributed by atoms with E-state index in [-0.39, 0.29) is 18.9 Å². The molecule has 0 atom stereocenters. The second-order valence-electron chi connectivity index (χ2n) is 3.94. The second kappa shape index (κ2) is 8.53. The van der Waals surface area contributed by atoms with E-state index in [0.717, 1.165) is 0 Å². The fourth-order valence-corrected chi connectivity index (χ4v) is 1.80. The quantitative estimate of drug-likeness (QED) is 0.227. The molecule has 0 fully saturated rings. The van der Waals surface area contributed by atoms with Gasteiger partial charge >= 0.3 is 0 Å². The number of benzene rings is 1. The number of ether oxygens (including phenoxy) is 1. The van der Waals surface area contributed by atoms with E-state index >= 15 is 0 Å². The number of alkyl halides is 2. The minimum absolute atomic E-state index is 0.0849. The van der Waals surface area contributed by atoms with Crippen molar-refractivity contribution < 1.29 is 23.5 Å². The molecule has 0 heterocycles. The molecule has 1 aromatic rings. The Labute approximate surface area is 128 Å². The summed E-state index contributed by atoms with van der Waals surface area (Å²) in [6, 6.07) is 4.80. The summed E-state index contributed by atoms with van der Waals surface area (Å²) in [5.41, 5.74) is 6.18. The van der Waals surface area contributed by atoms with E-state index in [9.17, 15) is 13.6 Å². The summed E-state index contributed by atoms with van der Waals surface area (Å²) in [5.74, 6) is -0.598. The van der Waals surface area contributed by atoms with E-state index in [1.165, 1.54) is 0 Å². The molecule has 0 saturated heterocycles. The number of amidine groups is 1. The van der Waals surface area contributed by atoms with Gasteiger partial charge in [-0.2, -0.15) is 0 Å². The van der Waals surface area contributed by atoms with Gasteiger partial charge in [0.15, 0.2) is 5.84 Å². The molecule has 0 aromatic heterocycles. The van der Waals surface area contributed by atoms with E-state index in [2.05, 4.69) is 31.1 Å². The van der Waals surface area contributed by atoms with Crippen molar-refractivity contribution in [3.8, 4) is 0 Å².